The molecule has 1 aliphatic rings. The molecule has 1 fully saturated rings. The summed E-state index contributed by atoms with van der Waals surface area (Å²) in [4.78, 5) is 6.86. The number of hydrogen-bond acceptors (Lipinski definition) is 3. The van der Waals surface area contributed by atoms with E-state index < -0.39 is 0 Å². The number of pyridine rings is 1. The number of benzene rings is 1. The fourth-order valence-electron chi connectivity index (χ4n) is 3.34. The Morgan fingerprint density at radius 2 is 2.33 bits per heavy atom. The zero-order chi connectivity index (χ0) is 14.7. The van der Waals surface area contributed by atoms with E-state index in [-0.39, 0.29) is 5.82 Å². The topological polar surface area (TPSA) is 28.2 Å². The van der Waals surface area contributed by atoms with Crippen molar-refractivity contribution in [2.24, 2.45) is 5.92 Å². The van der Waals surface area contributed by atoms with Gasteiger partial charge < -0.3 is 5.32 Å². The minimum Gasteiger partial charge on any atom is -0.319 e. The number of nitrogens with zero attached hydrogens (tertiary/aromatic N) is 2. The molecule has 1 unspecified atom stereocenters. The lowest BCUT2D eigenvalue weighted by molar-refractivity contribution is 0.167. The van der Waals surface area contributed by atoms with Gasteiger partial charge in [0.25, 0.3) is 0 Å². The third-order valence-electron chi connectivity index (χ3n) is 4.24. The zero-order valence-corrected chi connectivity index (χ0v) is 12.5. The second kappa shape index (κ2) is 6.50. The van der Waals surface area contributed by atoms with Gasteiger partial charge in [0.2, 0.25) is 0 Å². The highest BCUT2D eigenvalue weighted by atomic mass is 19.1. The summed E-state index contributed by atoms with van der Waals surface area (Å²) in [5.74, 6) is 0.519. The predicted octanol–water partition coefficient (Wildman–Crippen LogP) is 2.81. The van der Waals surface area contributed by atoms with E-state index in [0.717, 1.165) is 42.6 Å². The van der Waals surface area contributed by atoms with Gasteiger partial charge in [0.05, 0.1) is 5.52 Å². The number of hydrogen-bond donors (Lipinski definition) is 1. The van der Waals surface area contributed by atoms with Crippen molar-refractivity contribution < 1.29 is 4.39 Å². The molecule has 112 valence electrons. The summed E-state index contributed by atoms with van der Waals surface area (Å²) in [7, 11) is 2.00. The molecular formula is C17H22FN3. The van der Waals surface area contributed by atoms with Crippen molar-refractivity contribution in [2.45, 2.75) is 19.4 Å². The molecule has 2 aromatic rings. The number of piperidine rings is 1. The third-order valence-corrected chi connectivity index (χ3v) is 4.24. The van der Waals surface area contributed by atoms with Crippen molar-refractivity contribution in [1.82, 2.24) is 15.2 Å². The molecule has 0 bridgehead atoms. The van der Waals surface area contributed by atoms with E-state index in [4.69, 9.17) is 0 Å². The molecule has 0 aliphatic carbocycles. The van der Waals surface area contributed by atoms with Crippen LogP contribution in [0.3, 0.4) is 0 Å². The van der Waals surface area contributed by atoms with Gasteiger partial charge in [-0.2, -0.15) is 0 Å². The van der Waals surface area contributed by atoms with Crippen molar-refractivity contribution in [2.75, 3.05) is 26.7 Å². The average molecular weight is 287 g/mol. The van der Waals surface area contributed by atoms with Crippen molar-refractivity contribution in [3.05, 3.63) is 41.8 Å². The first-order chi connectivity index (χ1) is 10.3. The number of halogens is 1. The number of likely N-dealkylation sites (tertiary alicyclic amines) is 1. The van der Waals surface area contributed by atoms with Gasteiger partial charge in [0.15, 0.2) is 0 Å². The second-order valence-corrected chi connectivity index (χ2v) is 5.94. The summed E-state index contributed by atoms with van der Waals surface area (Å²) in [6.07, 6.45) is 4.27. The minimum atomic E-state index is -0.172. The van der Waals surface area contributed by atoms with Crippen molar-refractivity contribution >= 4 is 10.9 Å². The summed E-state index contributed by atoms with van der Waals surface area (Å²) in [6.45, 7) is 4.00. The molecule has 1 atom stereocenters. The van der Waals surface area contributed by atoms with Crippen LogP contribution in [0.4, 0.5) is 4.39 Å². The Morgan fingerprint density at radius 3 is 3.19 bits per heavy atom. The van der Waals surface area contributed by atoms with Crippen LogP contribution in [0.15, 0.2) is 30.5 Å². The van der Waals surface area contributed by atoms with Crippen molar-refractivity contribution in [3.8, 4) is 0 Å². The van der Waals surface area contributed by atoms with Gasteiger partial charge >= 0.3 is 0 Å². The lowest BCUT2D eigenvalue weighted by Gasteiger charge is -2.32. The van der Waals surface area contributed by atoms with Crippen LogP contribution in [0.2, 0.25) is 0 Å². The summed E-state index contributed by atoms with van der Waals surface area (Å²) < 4.78 is 13.8. The molecule has 4 heteroatoms. The monoisotopic (exact) mass is 287 g/mol. The van der Waals surface area contributed by atoms with Crippen LogP contribution in [0.5, 0.6) is 0 Å². The molecule has 1 aliphatic heterocycles. The largest absolute Gasteiger partial charge is 0.319 e. The summed E-state index contributed by atoms with van der Waals surface area (Å²) in [5.41, 5.74) is 1.92. The number of nitrogens with one attached hydrogen (secondary N) is 1. The summed E-state index contributed by atoms with van der Waals surface area (Å²) in [5, 5.41) is 4.15. The Hall–Kier alpha value is -1.52. The highest BCUT2D eigenvalue weighted by Crippen LogP contribution is 2.23. The number of rotatable bonds is 4. The molecule has 0 saturated carbocycles. The Bertz CT molecular complexity index is 612. The number of aromatic nitrogens is 1. The first-order valence-electron chi connectivity index (χ1n) is 7.66. The van der Waals surface area contributed by atoms with Gasteiger partial charge in [-0.15, -0.1) is 0 Å². The molecule has 2 heterocycles. The molecule has 0 amide bonds. The summed E-state index contributed by atoms with van der Waals surface area (Å²) in [6, 6.07) is 6.98. The van der Waals surface area contributed by atoms with Crippen LogP contribution >= 0.6 is 0 Å². The van der Waals surface area contributed by atoms with Gasteiger partial charge in [-0.25, -0.2) is 4.39 Å². The Morgan fingerprint density at radius 1 is 1.43 bits per heavy atom. The quantitative estimate of drug-likeness (QED) is 0.937. The highest BCUT2D eigenvalue weighted by molar-refractivity contribution is 5.81. The lowest BCUT2D eigenvalue weighted by Crippen LogP contribution is -2.38. The molecule has 1 N–H and O–H groups in total. The van der Waals surface area contributed by atoms with Crippen LogP contribution < -0.4 is 5.32 Å². The maximum Gasteiger partial charge on any atom is 0.124 e. The minimum absolute atomic E-state index is 0.172. The molecule has 21 heavy (non-hydrogen) atoms. The zero-order valence-electron chi connectivity index (χ0n) is 12.5. The van der Waals surface area contributed by atoms with E-state index in [2.05, 4.69) is 15.2 Å². The lowest BCUT2D eigenvalue weighted by atomic mass is 9.97. The van der Waals surface area contributed by atoms with Gasteiger partial charge in [-0.05, 0) is 62.7 Å². The Kier molecular flexibility index (Phi) is 4.46. The Balaban J connectivity index is 1.81. The first-order valence-corrected chi connectivity index (χ1v) is 7.66. The van der Waals surface area contributed by atoms with E-state index in [0.29, 0.717) is 5.92 Å². The molecule has 1 aromatic heterocycles. The average Bonchev–Trinajstić information content (AvgIpc) is 2.48. The van der Waals surface area contributed by atoms with Crippen LogP contribution in [0.1, 0.15) is 18.4 Å². The summed E-state index contributed by atoms with van der Waals surface area (Å²) >= 11 is 0. The molecule has 3 nitrogen and oxygen atoms in total. The molecule has 1 saturated heterocycles. The van der Waals surface area contributed by atoms with Crippen LogP contribution in [0.25, 0.3) is 10.9 Å². The van der Waals surface area contributed by atoms with Crippen molar-refractivity contribution in [1.29, 1.82) is 0 Å². The van der Waals surface area contributed by atoms with E-state index in [1.807, 2.05) is 19.2 Å². The molecule has 0 radical (unpaired) electrons. The van der Waals surface area contributed by atoms with E-state index in [1.165, 1.54) is 12.8 Å². The van der Waals surface area contributed by atoms with Crippen LogP contribution in [-0.2, 0) is 6.54 Å². The van der Waals surface area contributed by atoms with E-state index in [1.54, 1.807) is 18.3 Å². The van der Waals surface area contributed by atoms with Gasteiger partial charge in [-0.3, -0.25) is 9.88 Å². The standard InChI is InChI=1S/C17H22FN3/c1-19-10-13-4-3-7-21(11-13)12-15-9-16(18)8-14-5-2-6-20-17(14)15/h2,5-6,8-9,13,19H,3-4,7,10-12H2,1H3. The number of fused-ring (bicyclic) bond motifs is 1. The second-order valence-electron chi connectivity index (χ2n) is 5.94. The fraction of sp³-hybridized carbons (Fsp3) is 0.471. The molecular weight excluding hydrogens is 265 g/mol. The first kappa shape index (κ1) is 14.4. The fourth-order valence-corrected chi connectivity index (χ4v) is 3.34. The normalized spacial score (nSPS) is 20.0. The van der Waals surface area contributed by atoms with Crippen LogP contribution in [-0.4, -0.2) is 36.6 Å². The van der Waals surface area contributed by atoms with E-state index >= 15 is 0 Å². The van der Waals surface area contributed by atoms with Gasteiger partial charge in [0, 0.05) is 24.7 Å². The maximum atomic E-state index is 13.8. The van der Waals surface area contributed by atoms with E-state index in [9.17, 15) is 4.39 Å². The Labute approximate surface area is 125 Å². The predicted molar refractivity (Wildman–Crippen MR) is 83.6 cm³/mol. The molecule has 1 aromatic carbocycles. The molecule has 0 spiro atoms. The van der Waals surface area contributed by atoms with Crippen molar-refractivity contribution in [3.63, 3.8) is 0 Å². The van der Waals surface area contributed by atoms with Crippen LogP contribution in [0, 0.1) is 11.7 Å². The molecule has 3 rings (SSSR count). The SMILES string of the molecule is CNCC1CCCN(Cc2cc(F)cc3cccnc23)C1. The highest BCUT2D eigenvalue weighted by Gasteiger charge is 2.20. The van der Waals surface area contributed by atoms with Gasteiger partial charge in [0.1, 0.15) is 5.82 Å². The smallest absolute Gasteiger partial charge is 0.124 e. The third kappa shape index (κ3) is 3.39. The van der Waals surface area contributed by atoms with Gasteiger partial charge in [-0.1, -0.05) is 6.07 Å². The maximum absolute atomic E-state index is 13.8.